The van der Waals surface area contributed by atoms with E-state index in [1.54, 1.807) is 25.3 Å². The Hall–Kier alpha value is -1.16. The monoisotopic (exact) mass is 457 g/mol. The van der Waals surface area contributed by atoms with Crippen molar-refractivity contribution in [1.29, 1.82) is 0 Å². The van der Waals surface area contributed by atoms with Crippen LogP contribution in [0, 0.1) is 6.92 Å². The highest BCUT2D eigenvalue weighted by molar-refractivity contribution is 14.0. The fourth-order valence-corrected chi connectivity index (χ4v) is 1.97. The molecule has 24 heavy (non-hydrogen) atoms. The number of alkyl halides is 2. The molecule has 0 atom stereocenters. The van der Waals surface area contributed by atoms with Crippen LogP contribution in [-0.2, 0) is 11.3 Å². The Labute approximate surface area is 159 Å². The molecule has 0 radical (unpaired) electrons. The molecule has 0 aliphatic carbocycles. The molecule has 1 aromatic rings. The smallest absolute Gasteiger partial charge is 0.387 e. The second-order valence-electron chi connectivity index (χ2n) is 4.96. The molecule has 138 valence electrons. The Balaban J connectivity index is 0.00000529. The Morgan fingerprint density at radius 3 is 2.67 bits per heavy atom. The predicted octanol–water partition coefficient (Wildman–Crippen LogP) is 3.31. The molecule has 8 heteroatoms. The van der Waals surface area contributed by atoms with Crippen molar-refractivity contribution in [2.45, 2.75) is 33.4 Å². The van der Waals surface area contributed by atoms with Gasteiger partial charge in [0.2, 0.25) is 0 Å². The van der Waals surface area contributed by atoms with Gasteiger partial charge in [-0.2, -0.15) is 8.78 Å². The van der Waals surface area contributed by atoms with E-state index in [2.05, 4.69) is 20.4 Å². The molecule has 0 aliphatic heterocycles. The predicted molar refractivity (Wildman–Crippen MR) is 103 cm³/mol. The molecule has 2 N–H and O–H groups in total. The average Bonchev–Trinajstić information content (AvgIpc) is 2.51. The summed E-state index contributed by atoms with van der Waals surface area (Å²) in [5.74, 6) is 0.790. The highest BCUT2D eigenvalue weighted by Gasteiger charge is 2.10. The first-order chi connectivity index (χ1) is 11.1. The van der Waals surface area contributed by atoms with E-state index in [1.807, 2.05) is 13.8 Å². The largest absolute Gasteiger partial charge is 0.434 e. The number of methoxy groups -OCH3 is 1. The maximum absolute atomic E-state index is 12.5. The third-order valence-electron chi connectivity index (χ3n) is 3.00. The maximum atomic E-state index is 12.5. The fourth-order valence-electron chi connectivity index (χ4n) is 1.97. The standard InChI is InChI=1S/C16H25F2N3O2.HI/c1-4-19-16(20-8-5-9-22-3)21-11-13-10-12(2)6-7-14(13)23-15(17)18;/h6-7,10,15H,4-5,8-9,11H2,1-3H3,(H2,19,20,21);1H. The van der Waals surface area contributed by atoms with E-state index in [9.17, 15) is 8.78 Å². The highest BCUT2D eigenvalue weighted by Crippen LogP contribution is 2.22. The van der Waals surface area contributed by atoms with Crippen LogP contribution in [0.4, 0.5) is 8.78 Å². The van der Waals surface area contributed by atoms with E-state index in [4.69, 9.17) is 4.74 Å². The van der Waals surface area contributed by atoms with Gasteiger partial charge in [0.1, 0.15) is 5.75 Å². The van der Waals surface area contributed by atoms with E-state index >= 15 is 0 Å². The minimum Gasteiger partial charge on any atom is -0.434 e. The number of hydrogen-bond acceptors (Lipinski definition) is 3. The number of hydrogen-bond donors (Lipinski definition) is 2. The summed E-state index contributed by atoms with van der Waals surface area (Å²) in [5.41, 5.74) is 1.59. The van der Waals surface area contributed by atoms with Gasteiger partial charge in [-0.1, -0.05) is 17.7 Å². The minimum absolute atomic E-state index is 0. The van der Waals surface area contributed by atoms with E-state index in [1.165, 1.54) is 0 Å². The van der Waals surface area contributed by atoms with Crippen LogP contribution < -0.4 is 15.4 Å². The number of ether oxygens (including phenoxy) is 2. The zero-order valence-electron chi connectivity index (χ0n) is 14.3. The number of nitrogens with zero attached hydrogens (tertiary/aromatic N) is 1. The van der Waals surface area contributed by atoms with Crippen molar-refractivity contribution < 1.29 is 18.3 Å². The van der Waals surface area contributed by atoms with Gasteiger partial charge in [0.05, 0.1) is 6.54 Å². The van der Waals surface area contributed by atoms with Crippen molar-refractivity contribution in [2.75, 3.05) is 26.8 Å². The highest BCUT2D eigenvalue weighted by atomic mass is 127. The molecule has 0 unspecified atom stereocenters. The van der Waals surface area contributed by atoms with Crippen molar-refractivity contribution in [2.24, 2.45) is 4.99 Å². The third-order valence-corrected chi connectivity index (χ3v) is 3.00. The fraction of sp³-hybridized carbons (Fsp3) is 0.562. The molecule has 0 spiro atoms. The van der Waals surface area contributed by atoms with Crippen molar-refractivity contribution in [3.05, 3.63) is 29.3 Å². The molecule has 0 saturated heterocycles. The molecule has 0 aliphatic rings. The SMILES string of the molecule is CCNC(=NCc1cc(C)ccc1OC(F)F)NCCCOC.I. The minimum atomic E-state index is -2.85. The number of nitrogens with one attached hydrogen (secondary N) is 2. The summed E-state index contributed by atoms with van der Waals surface area (Å²) in [6.45, 7) is 3.36. The summed E-state index contributed by atoms with van der Waals surface area (Å²) < 4.78 is 34.5. The summed E-state index contributed by atoms with van der Waals surface area (Å²) in [5, 5.41) is 6.28. The Morgan fingerprint density at radius 1 is 1.29 bits per heavy atom. The number of rotatable bonds is 9. The Morgan fingerprint density at radius 2 is 2.04 bits per heavy atom. The number of aliphatic imine (C=N–C) groups is 1. The lowest BCUT2D eigenvalue weighted by Gasteiger charge is -2.13. The molecular formula is C16H26F2IN3O2. The van der Waals surface area contributed by atoms with Gasteiger partial charge < -0.3 is 20.1 Å². The Bertz CT molecular complexity index is 502. The third kappa shape index (κ3) is 9.21. The molecule has 0 heterocycles. The number of guanidine groups is 1. The number of benzene rings is 1. The molecule has 0 aromatic heterocycles. The van der Waals surface area contributed by atoms with Gasteiger partial charge in [0, 0.05) is 32.4 Å². The Kier molecular flexibility index (Phi) is 12.5. The van der Waals surface area contributed by atoms with Crippen LogP contribution in [0.3, 0.4) is 0 Å². The van der Waals surface area contributed by atoms with Crippen LogP contribution in [0.2, 0.25) is 0 Å². The van der Waals surface area contributed by atoms with E-state index in [0.717, 1.165) is 12.0 Å². The second kappa shape index (κ2) is 13.2. The van der Waals surface area contributed by atoms with Crippen molar-refractivity contribution in [1.82, 2.24) is 10.6 Å². The van der Waals surface area contributed by atoms with Gasteiger partial charge in [0.25, 0.3) is 0 Å². The van der Waals surface area contributed by atoms with Crippen LogP contribution in [0.15, 0.2) is 23.2 Å². The number of aryl methyl sites for hydroxylation is 1. The van der Waals surface area contributed by atoms with E-state index < -0.39 is 6.61 Å². The van der Waals surface area contributed by atoms with Crippen molar-refractivity contribution in [3.63, 3.8) is 0 Å². The lowest BCUT2D eigenvalue weighted by molar-refractivity contribution is -0.0504. The van der Waals surface area contributed by atoms with Crippen LogP contribution >= 0.6 is 24.0 Å². The van der Waals surface area contributed by atoms with Crippen LogP contribution in [-0.4, -0.2) is 39.4 Å². The molecule has 0 fully saturated rings. The number of halogens is 3. The molecule has 5 nitrogen and oxygen atoms in total. The lowest BCUT2D eigenvalue weighted by atomic mass is 10.1. The zero-order chi connectivity index (χ0) is 17.1. The van der Waals surface area contributed by atoms with Gasteiger partial charge in [-0.3, -0.25) is 0 Å². The first kappa shape index (κ1) is 22.8. The zero-order valence-corrected chi connectivity index (χ0v) is 16.6. The summed E-state index contributed by atoms with van der Waals surface area (Å²) >= 11 is 0. The van der Waals surface area contributed by atoms with Crippen LogP contribution in [0.25, 0.3) is 0 Å². The van der Waals surface area contributed by atoms with Crippen LogP contribution in [0.1, 0.15) is 24.5 Å². The van der Waals surface area contributed by atoms with Gasteiger partial charge >= 0.3 is 6.61 Å². The van der Waals surface area contributed by atoms with Gasteiger partial charge in [-0.25, -0.2) is 4.99 Å². The summed E-state index contributed by atoms with van der Waals surface area (Å²) in [6, 6.07) is 5.08. The van der Waals surface area contributed by atoms with Gasteiger partial charge in [0.15, 0.2) is 5.96 Å². The van der Waals surface area contributed by atoms with Crippen molar-refractivity contribution >= 4 is 29.9 Å². The molecule has 1 aromatic carbocycles. The molecule has 0 amide bonds. The molecular weight excluding hydrogens is 431 g/mol. The topological polar surface area (TPSA) is 54.9 Å². The van der Waals surface area contributed by atoms with Gasteiger partial charge in [-0.15, -0.1) is 24.0 Å². The normalized spacial score (nSPS) is 11.2. The molecule has 0 bridgehead atoms. The average molecular weight is 457 g/mol. The first-order valence-electron chi connectivity index (χ1n) is 7.62. The maximum Gasteiger partial charge on any atom is 0.387 e. The van der Waals surface area contributed by atoms with E-state index in [-0.39, 0.29) is 36.3 Å². The summed E-state index contributed by atoms with van der Waals surface area (Å²) in [7, 11) is 1.65. The van der Waals surface area contributed by atoms with Crippen molar-refractivity contribution in [3.8, 4) is 5.75 Å². The van der Waals surface area contributed by atoms with Gasteiger partial charge in [-0.05, 0) is 26.3 Å². The summed E-state index contributed by atoms with van der Waals surface area (Å²) in [4.78, 5) is 4.42. The molecule has 0 saturated carbocycles. The lowest BCUT2D eigenvalue weighted by Crippen LogP contribution is -2.38. The second-order valence-corrected chi connectivity index (χ2v) is 4.96. The quantitative estimate of drug-likeness (QED) is 0.259. The molecule has 1 rings (SSSR count). The summed E-state index contributed by atoms with van der Waals surface area (Å²) in [6.07, 6.45) is 0.852. The van der Waals surface area contributed by atoms with E-state index in [0.29, 0.717) is 31.2 Å². The van der Waals surface area contributed by atoms with Crippen LogP contribution in [0.5, 0.6) is 5.75 Å². The first-order valence-corrected chi connectivity index (χ1v) is 7.62.